The SMILES string of the molecule is CC(C)C(=S)Nc1ccc(CCOc2cc(CN(Cc3cccc(C(=O)O)n3)Cc3cccc(C(=O)O)n3)nc(CN(Cc3cccc(C(=O)O)n3)Cc3cccc(C(=O)O)n3)c2)cc1. The van der Waals surface area contributed by atoms with Gasteiger partial charge in [0.1, 0.15) is 28.5 Å². The average Bonchev–Trinajstić information content (AvgIpc) is 3.27. The van der Waals surface area contributed by atoms with Crippen molar-refractivity contribution in [3.63, 3.8) is 0 Å². The quantitative estimate of drug-likeness (QED) is 0.0436. The number of carboxylic acids is 4. The minimum absolute atomic E-state index is 0.137. The molecule has 5 N–H and O–H groups in total. The Morgan fingerprint density at radius 2 is 0.892 bits per heavy atom. The predicted octanol–water partition coefficient (Wildman–Crippen LogP) is 6.88. The first kappa shape index (κ1) is 47.0. The van der Waals surface area contributed by atoms with Crippen molar-refractivity contribution < 1.29 is 44.3 Å². The summed E-state index contributed by atoms with van der Waals surface area (Å²) >= 11 is 5.44. The number of aromatic carboxylic acids is 4. The highest BCUT2D eigenvalue weighted by Gasteiger charge is 2.19. The number of carbonyl (C=O) groups is 4. The van der Waals surface area contributed by atoms with Crippen LogP contribution in [0.4, 0.5) is 5.69 Å². The summed E-state index contributed by atoms with van der Waals surface area (Å²) in [5, 5.41) is 41.9. The molecule has 17 nitrogen and oxygen atoms in total. The number of aromatic nitrogens is 5. The molecule has 18 heteroatoms. The fourth-order valence-corrected chi connectivity index (χ4v) is 6.77. The van der Waals surface area contributed by atoms with Gasteiger partial charge in [-0.1, -0.05) is 62.5 Å². The van der Waals surface area contributed by atoms with Crippen LogP contribution >= 0.6 is 12.2 Å². The number of pyridine rings is 5. The normalized spacial score (nSPS) is 11.2. The number of thiocarbonyl (C=S) groups is 1. The van der Waals surface area contributed by atoms with Crippen LogP contribution in [0.5, 0.6) is 5.75 Å². The van der Waals surface area contributed by atoms with E-state index < -0.39 is 23.9 Å². The number of anilines is 1. The molecular weight excluding hydrogens is 853 g/mol. The van der Waals surface area contributed by atoms with Gasteiger partial charge in [0.15, 0.2) is 0 Å². The van der Waals surface area contributed by atoms with Gasteiger partial charge in [0.25, 0.3) is 0 Å². The topological polar surface area (TPSA) is 241 Å². The number of hydrogen-bond acceptors (Lipinski definition) is 13. The third-order valence-electron chi connectivity index (χ3n) is 9.73. The van der Waals surface area contributed by atoms with Crippen molar-refractivity contribution in [3.8, 4) is 5.75 Å². The van der Waals surface area contributed by atoms with Gasteiger partial charge < -0.3 is 30.5 Å². The maximum absolute atomic E-state index is 11.8. The van der Waals surface area contributed by atoms with Gasteiger partial charge in [-0.3, -0.25) is 14.8 Å². The van der Waals surface area contributed by atoms with E-state index in [1.807, 2.05) is 47.9 Å². The van der Waals surface area contributed by atoms with Crippen LogP contribution in [0.2, 0.25) is 0 Å². The first-order valence-corrected chi connectivity index (χ1v) is 20.8. The molecule has 0 spiro atoms. The largest absolute Gasteiger partial charge is 0.493 e. The zero-order valence-electron chi connectivity index (χ0n) is 35.5. The number of nitrogens with zero attached hydrogens (tertiary/aromatic N) is 7. The number of carboxylic acid groups (broad SMARTS) is 4. The summed E-state index contributed by atoms with van der Waals surface area (Å²) in [5.41, 5.74) is 4.20. The van der Waals surface area contributed by atoms with Gasteiger partial charge in [0.2, 0.25) is 0 Å². The van der Waals surface area contributed by atoms with Gasteiger partial charge in [-0.2, -0.15) is 0 Å². The van der Waals surface area contributed by atoms with E-state index in [9.17, 15) is 39.6 Å². The van der Waals surface area contributed by atoms with Crippen molar-refractivity contribution in [2.45, 2.75) is 59.5 Å². The summed E-state index contributed by atoms with van der Waals surface area (Å²) in [6.45, 7) is 5.19. The monoisotopic (exact) mass is 898 g/mol. The van der Waals surface area contributed by atoms with Gasteiger partial charge >= 0.3 is 23.9 Å². The molecule has 0 saturated heterocycles. The Morgan fingerprint density at radius 1 is 0.538 bits per heavy atom. The van der Waals surface area contributed by atoms with Crippen LogP contribution in [-0.2, 0) is 45.7 Å². The van der Waals surface area contributed by atoms with Crippen LogP contribution in [0.15, 0.2) is 109 Å². The summed E-state index contributed by atoms with van der Waals surface area (Å²) in [4.78, 5) is 74.2. The molecule has 0 amide bonds. The molecule has 6 aromatic rings. The van der Waals surface area contributed by atoms with Crippen LogP contribution in [0.25, 0.3) is 0 Å². The van der Waals surface area contributed by atoms with E-state index >= 15 is 0 Å². The Morgan fingerprint density at radius 3 is 1.23 bits per heavy atom. The molecule has 0 aliphatic rings. The molecule has 5 aromatic heterocycles. The molecule has 5 heterocycles. The van der Waals surface area contributed by atoms with Crippen molar-refractivity contribution in [3.05, 3.63) is 172 Å². The number of benzene rings is 1. The van der Waals surface area contributed by atoms with Gasteiger partial charge in [0, 0.05) is 69.4 Å². The van der Waals surface area contributed by atoms with Crippen LogP contribution in [0.1, 0.15) is 95.5 Å². The van der Waals surface area contributed by atoms with Gasteiger partial charge in [0.05, 0.1) is 45.8 Å². The lowest BCUT2D eigenvalue weighted by molar-refractivity contribution is 0.0679. The Balaban J connectivity index is 1.34. The Kier molecular flexibility index (Phi) is 16.0. The lowest BCUT2D eigenvalue weighted by atomic mass is 10.1. The highest BCUT2D eigenvalue weighted by molar-refractivity contribution is 7.80. The molecule has 6 rings (SSSR count). The minimum atomic E-state index is -1.19. The number of ether oxygens (including phenoxy) is 1. The smallest absolute Gasteiger partial charge is 0.354 e. The van der Waals surface area contributed by atoms with Crippen LogP contribution in [-0.4, -0.2) is 90.6 Å². The lowest BCUT2D eigenvalue weighted by Gasteiger charge is -2.24. The molecule has 0 aliphatic heterocycles. The highest BCUT2D eigenvalue weighted by Crippen LogP contribution is 2.22. The summed E-state index contributed by atoms with van der Waals surface area (Å²) in [7, 11) is 0. The van der Waals surface area contributed by atoms with E-state index in [1.165, 1.54) is 24.3 Å². The summed E-state index contributed by atoms with van der Waals surface area (Å²) < 4.78 is 6.40. The second-order valence-electron chi connectivity index (χ2n) is 15.3. The average molecular weight is 899 g/mol. The summed E-state index contributed by atoms with van der Waals surface area (Å²) in [6.07, 6.45) is 0.564. The lowest BCUT2D eigenvalue weighted by Crippen LogP contribution is -2.26. The summed E-state index contributed by atoms with van der Waals surface area (Å²) in [5.74, 6) is -4.06. The molecule has 0 fully saturated rings. The third kappa shape index (κ3) is 14.2. The minimum Gasteiger partial charge on any atom is -0.493 e. The number of nitrogens with one attached hydrogen (secondary N) is 1. The molecule has 0 saturated carbocycles. The van der Waals surface area contributed by atoms with E-state index in [1.54, 1.807) is 60.7 Å². The van der Waals surface area contributed by atoms with Crippen LogP contribution in [0, 0.1) is 5.92 Å². The highest BCUT2D eigenvalue weighted by atomic mass is 32.1. The van der Waals surface area contributed by atoms with Crippen molar-refractivity contribution in [2.24, 2.45) is 5.92 Å². The molecule has 334 valence electrons. The summed E-state index contributed by atoms with van der Waals surface area (Å²) in [6, 6.07) is 30.2. The van der Waals surface area contributed by atoms with E-state index in [0.29, 0.717) is 52.9 Å². The van der Waals surface area contributed by atoms with Crippen molar-refractivity contribution in [1.29, 1.82) is 0 Å². The van der Waals surface area contributed by atoms with Gasteiger partial charge in [-0.05, 0) is 66.2 Å². The van der Waals surface area contributed by atoms with Gasteiger partial charge in [-0.15, -0.1) is 0 Å². The molecule has 0 atom stereocenters. The maximum atomic E-state index is 11.8. The molecule has 0 aliphatic carbocycles. The molecular formula is C47H46N8O9S. The zero-order valence-corrected chi connectivity index (χ0v) is 36.3. The Bertz CT molecular complexity index is 2420. The van der Waals surface area contributed by atoms with Gasteiger partial charge in [-0.25, -0.2) is 39.1 Å². The standard InChI is InChI=1S/C47H46N8O9S/c1-29(2)43(65)53-31-17-15-30(16-18-31)19-20-64-38-21-36(27-54(23-32-7-3-11-39(49-32)44(56)57)24-33-8-4-12-40(50-33)45(58)59)48-37(22-38)28-55(25-34-9-5-13-41(51-34)46(60)61)26-35-10-6-14-42(52-35)47(62)63/h3-18,21-22,29H,19-20,23-28H2,1-2H3,(H,53,65)(H,56,57)(H,58,59)(H,60,61)(H,62,63). The zero-order chi connectivity index (χ0) is 46.5. The fraction of sp³-hybridized carbons (Fsp3) is 0.234. The number of hydrogen-bond donors (Lipinski definition) is 5. The van der Waals surface area contributed by atoms with Crippen molar-refractivity contribution in [2.75, 3.05) is 11.9 Å². The maximum Gasteiger partial charge on any atom is 0.354 e. The first-order chi connectivity index (χ1) is 31.2. The predicted molar refractivity (Wildman–Crippen MR) is 242 cm³/mol. The molecule has 0 radical (unpaired) electrons. The van der Waals surface area contributed by atoms with E-state index in [2.05, 4.69) is 25.3 Å². The Labute approximate surface area is 379 Å². The third-order valence-corrected chi connectivity index (χ3v) is 10.3. The molecule has 1 aromatic carbocycles. The molecule has 0 bridgehead atoms. The molecule has 65 heavy (non-hydrogen) atoms. The van der Waals surface area contributed by atoms with E-state index in [0.717, 1.165) is 16.2 Å². The van der Waals surface area contributed by atoms with E-state index in [-0.39, 0.29) is 68.0 Å². The molecule has 0 unspecified atom stereocenters. The van der Waals surface area contributed by atoms with Crippen molar-refractivity contribution in [1.82, 2.24) is 34.7 Å². The van der Waals surface area contributed by atoms with Crippen LogP contribution < -0.4 is 10.1 Å². The second kappa shape index (κ2) is 22.2. The first-order valence-electron chi connectivity index (χ1n) is 20.4. The van der Waals surface area contributed by atoms with E-state index in [4.69, 9.17) is 21.9 Å². The Hall–Kier alpha value is -7.54. The fourth-order valence-electron chi connectivity index (χ4n) is 6.65. The second-order valence-corrected chi connectivity index (χ2v) is 15.7. The number of rotatable bonds is 22. The van der Waals surface area contributed by atoms with Crippen LogP contribution in [0.3, 0.4) is 0 Å². The van der Waals surface area contributed by atoms with Crippen molar-refractivity contribution >= 4 is 46.8 Å².